The van der Waals surface area contributed by atoms with Gasteiger partial charge in [0.2, 0.25) is 0 Å². The van der Waals surface area contributed by atoms with E-state index in [0.717, 1.165) is 29.5 Å². The summed E-state index contributed by atoms with van der Waals surface area (Å²) in [5, 5.41) is 0.861. The topological polar surface area (TPSA) is 22.1 Å². The van der Waals surface area contributed by atoms with Crippen molar-refractivity contribution < 1.29 is 9.13 Å². The highest BCUT2D eigenvalue weighted by atomic mass is 35.5. The van der Waals surface area contributed by atoms with Crippen LogP contribution in [0.2, 0.25) is 0 Å². The van der Waals surface area contributed by atoms with Gasteiger partial charge >= 0.3 is 0 Å². The van der Waals surface area contributed by atoms with Gasteiger partial charge in [0.1, 0.15) is 0 Å². The van der Waals surface area contributed by atoms with Crippen molar-refractivity contribution in [2.24, 2.45) is 0 Å². The van der Waals surface area contributed by atoms with Crippen LogP contribution in [-0.4, -0.2) is 11.6 Å². The summed E-state index contributed by atoms with van der Waals surface area (Å²) in [6, 6.07) is 5.09. The molecule has 0 spiro atoms. The molecule has 0 saturated heterocycles. The van der Waals surface area contributed by atoms with Gasteiger partial charge in [0.05, 0.1) is 12.1 Å². The molecule has 1 aromatic heterocycles. The van der Waals surface area contributed by atoms with Gasteiger partial charge in [0.15, 0.2) is 11.6 Å². The van der Waals surface area contributed by atoms with Crippen molar-refractivity contribution in [2.45, 2.75) is 32.6 Å². The van der Waals surface area contributed by atoms with Crippen LogP contribution in [0.3, 0.4) is 0 Å². The van der Waals surface area contributed by atoms with Crippen LogP contribution in [0.5, 0.6) is 5.75 Å². The first-order chi connectivity index (χ1) is 9.19. The second-order valence-electron chi connectivity index (χ2n) is 4.39. The van der Waals surface area contributed by atoms with Crippen LogP contribution < -0.4 is 4.74 Å². The number of hydrogen-bond donors (Lipinski definition) is 0. The highest BCUT2D eigenvalue weighted by molar-refractivity contribution is 6.17. The zero-order valence-electron chi connectivity index (χ0n) is 11.2. The molecule has 2 rings (SSSR count). The Morgan fingerprint density at radius 3 is 2.68 bits per heavy atom. The Bertz CT molecular complexity index is 586. The minimum Gasteiger partial charge on any atom is -0.491 e. The maximum atomic E-state index is 13.8. The Morgan fingerprint density at radius 1 is 1.26 bits per heavy atom. The van der Waals surface area contributed by atoms with Gasteiger partial charge in [-0.2, -0.15) is 0 Å². The van der Waals surface area contributed by atoms with E-state index in [9.17, 15) is 4.39 Å². The highest BCUT2D eigenvalue weighted by Gasteiger charge is 2.10. The van der Waals surface area contributed by atoms with Crippen LogP contribution in [0, 0.1) is 5.82 Å². The van der Waals surface area contributed by atoms with E-state index in [1.54, 1.807) is 6.07 Å². The predicted molar refractivity (Wildman–Crippen MR) is 76.4 cm³/mol. The molecule has 0 aliphatic heterocycles. The molecular formula is C15H17ClFNO. The number of aromatic nitrogens is 1. The van der Waals surface area contributed by atoms with E-state index in [0.29, 0.717) is 18.0 Å². The fourth-order valence-electron chi connectivity index (χ4n) is 2.09. The van der Waals surface area contributed by atoms with E-state index < -0.39 is 0 Å². The number of nitrogens with zero attached hydrogens (tertiary/aromatic N) is 1. The number of hydrogen-bond acceptors (Lipinski definition) is 2. The van der Waals surface area contributed by atoms with Crippen LogP contribution in [0.4, 0.5) is 4.39 Å². The molecule has 1 heterocycles. The molecule has 0 bridgehead atoms. The quantitative estimate of drug-likeness (QED) is 0.755. The lowest BCUT2D eigenvalue weighted by Gasteiger charge is -2.10. The van der Waals surface area contributed by atoms with Crippen LogP contribution in [0.25, 0.3) is 10.9 Å². The Balaban J connectivity index is 2.57. The Morgan fingerprint density at radius 2 is 2.05 bits per heavy atom. The molecule has 0 unspecified atom stereocenters. The van der Waals surface area contributed by atoms with Crippen LogP contribution in [-0.2, 0) is 12.3 Å². The first kappa shape index (κ1) is 14.1. The summed E-state index contributed by atoms with van der Waals surface area (Å²) in [6.45, 7) is 4.35. The number of rotatable bonds is 5. The lowest BCUT2D eigenvalue weighted by atomic mass is 10.1. The third kappa shape index (κ3) is 2.98. The van der Waals surface area contributed by atoms with E-state index in [1.807, 2.05) is 13.0 Å². The molecule has 4 heteroatoms. The highest BCUT2D eigenvalue weighted by Crippen LogP contribution is 2.26. The van der Waals surface area contributed by atoms with Crippen molar-refractivity contribution in [3.8, 4) is 5.75 Å². The Hall–Kier alpha value is -1.35. The van der Waals surface area contributed by atoms with E-state index >= 15 is 0 Å². The lowest BCUT2D eigenvalue weighted by molar-refractivity contribution is 0.322. The third-order valence-corrected chi connectivity index (χ3v) is 3.26. The molecule has 0 atom stereocenters. The number of fused-ring (bicyclic) bond motifs is 1. The Kier molecular flexibility index (Phi) is 4.59. The van der Waals surface area contributed by atoms with Crippen molar-refractivity contribution in [1.82, 2.24) is 4.98 Å². The van der Waals surface area contributed by atoms with Crippen molar-refractivity contribution in [3.05, 3.63) is 35.3 Å². The number of benzene rings is 1. The van der Waals surface area contributed by atoms with Gasteiger partial charge in [-0.15, -0.1) is 11.6 Å². The molecule has 0 saturated carbocycles. The summed E-state index contributed by atoms with van der Waals surface area (Å²) in [5.74, 6) is 0.308. The van der Waals surface area contributed by atoms with Gasteiger partial charge in [-0.3, -0.25) is 4.98 Å². The number of ether oxygens (including phenoxy) is 1. The standard InChI is InChI=1S/C15H17ClFNO/c1-3-5-13-11(9-16)6-10-7-15(19-4-2)12(17)8-14(10)18-13/h6-8H,3-5,9H2,1-2H3. The lowest BCUT2D eigenvalue weighted by Crippen LogP contribution is -1.99. The fourth-order valence-corrected chi connectivity index (χ4v) is 2.33. The summed E-state index contributed by atoms with van der Waals surface area (Å²) in [4.78, 5) is 4.52. The molecule has 0 aliphatic rings. The Labute approximate surface area is 117 Å². The maximum Gasteiger partial charge on any atom is 0.167 e. The average Bonchev–Trinajstić information content (AvgIpc) is 2.40. The molecular weight excluding hydrogens is 265 g/mol. The molecule has 0 amide bonds. The van der Waals surface area contributed by atoms with Crippen LogP contribution >= 0.6 is 11.6 Å². The SMILES string of the molecule is CCCc1nc2cc(F)c(OCC)cc2cc1CCl. The zero-order valence-corrected chi connectivity index (χ0v) is 11.9. The van der Waals surface area contributed by atoms with Crippen molar-refractivity contribution in [3.63, 3.8) is 0 Å². The summed E-state index contributed by atoms with van der Waals surface area (Å²) >= 11 is 5.96. The predicted octanol–water partition coefficient (Wildman–Crippen LogP) is 4.46. The van der Waals surface area contributed by atoms with Gasteiger partial charge in [-0.1, -0.05) is 13.3 Å². The van der Waals surface area contributed by atoms with Crippen LogP contribution in [0.1, 0.15) is 31.5 Å². The van der Waals surface area contributed by atoms with E-state index in [4.69, 9.17) is 16.3 Å². The second-order valence-corrected chi connectivity index (χ2v) is 4.65. The fraction of sp³-hybridized carbons (Fsp3) is 0.400. The minimum absolute atomic E-state index is 0.264. The number of aryl methyl sites for hydroxylation is 1. The summed E-state index contributed by atoms with van der Waals surface area (Å²) in [7, 11) is 0. The van der Waals surface area contributed by atoms with Crippen molar-refractivity contribution in [1.29, 1.82) is 0 Å². The van der Waals surface area contributed by atoms with Gasteiger partial charge in [0, 0.05) is 23.0 Å². The van der Waals surface area contributed by atoms with E-state index in [2.05, 4.69) is 11.9 Å². The van der Waals surface area contributed by atoms with E-state index in [-0.39, 0.29) is 11.6 Å². The molecule has 0 N–H and O–H groups in total. The third-order valence-electron chi connectivity index (χ3n) is 2.97. The smallest absolute Gasteiger partial charge is 0.167 e. The molecule has 0 radical (unpaired) electrons. The number of alkyl halides is 1. The minimum atomic E-state index is -0.372. The normalized spacial score (nSPS) is 10.9. The first-order valence-corrected chi connectivity index (χ1v) is 7.03. The van der Waals surface area contributed by atoms with Crippen molar-refractivity contribution in [2.75, 3.05) is 6.61 Å². The zero-order chi connectivity index (χ0) is 13.8. The molecule has 19 heavy (non-hydrogen) atoms. The van der Waals surface area contributed by atoms with Gasteiger partial charge in [-0.05, 0) is 31.0 Å². The number of pyridine rings is 1. The van der Waals surface area contributed by atoms with Gasteiger partial charge in [0.25, 0.3) is 0 Å². The molecule has 2 nitrogen and oxygen atoms in total. The van der Waals surface area contributed by atoms with Gasteiger partial charge in [-0.25, -0.2) is 4.39 Å². The molecule has 102 valence electrons. The first-order valence-electron chi connectivity index (χ1n) is 6.50. The van der Waals surface area contributed by atoms with Crippen molar-refractivity contribution >= 4 is 22.5 Å². The molecule has 1 aromatic carbocycles. The molecule has 0 fully saturated rings. The van der Waals surface area contributed by atoms with Gasteiger partial charge < -0.3 is 4.74 Å². The summed E-state index contributed by atoms with van der Waals surface area (Å²) in [6.07, 6.45) is 1.84. The number of halogens is 2. The average molecular weight is 282 g/mol. The molecule has 2 aromatic rings. The molecule has 0 aliphatic carbocycles. The monoisotopic (exact) mass is 281 g/mol. The van der Waals surface area contributed by atoms with Crippen LogP contribution in [0.15, 0.2) is 18.2 Å². The maximum absolute atomic E-state index is 13.8. The van der Waals surface area contributed by atoms with E-state index in [1.165, 1.54) is 6.07 Å². The largest absolute Gasteiger partial charge is 0.491 e. The second kappa shape index (κ2) is 6.20. The summed E-state index contributed by atoms with van der Waals surface area (Å²) in [5.41, 5.74) is 2.61. The summed E-state index contributed by atoms with van der Waals surface area (Å²) < 4.78 is 19.1.